The van der Waals surface area contributed by atoms with Gasteiger partial charge in [-0.15, -0.1) is 0 Å². The number of hydrogen-bond acceptors (Lipinski definition) is 6. The standard InChI is InChI=1S/C26H22N2O6S/c29-24-22-12-2-3-13-23(22)25(30)28(24)19-9-7-10-20(17-19)34-26(31)18-8-6-11-21(16-18)35(32,33)27-14-4-1-5-15-27/h2-3,6-13,16-17H,1,4-5,14-15H2. The molecule has 35 heavy (non-hydrogen) atoms. The fourth-order valence-electron chi connectivity index (χ4n) is 4.31. The van der Waals surface area contributed by atoms with Gasteiger partial charge in [0.1, 0.15) is 5.75 Å². The second-order valence-corrected chi connectivity index (χ2v) is 10.3. The predicted molar refractivity (Wildman–Crippen MR) is 128 cm³/mol. The lowest BCUT2D eigenvalue weighted by Crippen LogP contribution is -2.35. The fraction of sp³-hybridized carbons (Fsp3) is 0.192. The van der Waals surface area contributed by atoms with Gasteiger partial charge >= 0.3 is 5.97 Å². The van der Waals surface area contributed by atoms with Crippen molar-refractivity contribution in [3.63, 3.8) is 0 Å². The van der Waals surface area contributed by atoms with Crippen molar-refractivity contribution in [2.75, 3.05) is 18.0 Å². The van der Waals surface area contributed by atoms with Gasteiger partial charge in [-0.2, -0.15) is 4.31 Å². The number of imide groups is 1. The van der Waals surface area contributed by atoms with E-state index in [0.717, 1.165) is 24.2 Å². The Labute approximate surface area is 202 Å². The predicted octanol–water partition coefficient (Wildman–Crippen LogP) is 3.88. The minimum atomic E-state index is -3.70. The number of carbonyl (C=O) groups excluding carboxylic acids is 3. The topological polar surface area (TPSA) is 101 Å². The van der Waals surface area contributed by atoms with E-state index in [-0.39, 0.29) is 21.9 Å². The summed E-state index contributed by atoms with van der Waals surface area (Å²) in [5.74, 6) is -1.54. The molecule has 2 aliphatic rings. The summed E-state index contributed by atoms with van der Waals surface area (Å²) in [5, 5.41) is 0. The number of carbonyl (C=O) groups is 3. The lowest BCUT2D eigenvalue weighted by molar-refractivity contribution is 0.0734. The second-order valence-electron chi connectivity index (χ2n) is 8.37. The van der Waals surface area contributed by atoms with Crippen molar-refractivity contribution in [3.8, 4) is 5.75 Å². The van der Waals surface area contributed by atoms with Crippen molar-refractivity contribution in [3.05, 3.63) is 89.5 Å². The summed E-state index contributed by atoms with van der Waals surface area (Å²) in [6.07, 6.45) is 2.62. The molecule has 0 atom stereocenters. The van der Waals surface area contributed by atoms with E-state index in [9.17, 15) is 22.8 Å². The van der Waals surface area contributed by atoms with E-state index in [0.29, 0.717) is 24.2 Å². The number of fused-ring (bicyclic) bond motifs is 1. The Kier molecular flexibility index (Phi) is 5.96. The summed E-state index contributed by atoms with van der Waals surface area (Å²) in [7, 11) is -3.70. The number of amides is 2. The third-order valence-corrected chi connectivity index (χ3v) is 8.00. The van der Waals surface area contributed by atoms with Gasteiger partial charge in [0.05, 0.1) is 27.3 Å². The monoisotopic (exact) mass is 490 g/mol. The first-order valence-corrected chi connectivity index (χ1v) is 12.7. The SMILES string of the molecule is O=C(Oc1cccc(N2C(=O)c3ccccc3C2=O)c1)c1cccc(S(=O)(=O)N2CCCCC2)c1. The molecule has 0 unspecified atom stereocenters. The molecule has 5 rings (SSSR count). The van der Waals surface area contributed by atoms with Crippen LogP contribution in [0.1, 0.15) is 50.3 Å². The van der Waals surface area contributed by atoms with Crippen LogP contribution in [0, 0.1) is 0 Å². The fourth-order valence-corrected chi connectivity index (χ4v) is 5.88. The van der Waals surface area contributed by atoms with Gasteiger partial charge in [-0.05, 0) is 55.3 Å². The molecular formula is C26H22N2O6S. The number of sulfonamides is 1. The summed E-state index contributed by atoms with van der Waals surface area (Å²) < 4.78 is 32.8. The van der Waals surface area contributed by atoms with Crippen LogP contribution in [-0.4, -0.2) is 43.6 Å². The molecule has 9 heteroatoms. The van der Waals surface area contributed by atoms with E-state index in [1.54, 1.807) is 36.4 Å². The van der Waals surface area contributed by atoms with Crippen LogP contribution in [0.4, 0.5) is 5.69 Å². The number of nitrogens with zero attached hydrogens (tertiary/aromatic N) is 2. The number of hydrogen-bond donors (Lipinski definition) is 0. The molecule has 2 aliphatic heterocycles. The Balaban J connectivity index is 1.36. The van der Waals surface area contributed by atoms with Crippen LogP contribution in [0.25, 0.3) is 0 Å². The van der Waals surface area contributed by atoms with Crippen LogP contribution in [-0.2, 0) is 10.0 Å². The largest absolute Gasteiger partial charge is 0.423 e. The first-order chi connectivity index (χ1) is 16.9. The molecule has 2 heterocycles. The maximum Gasteiger partial charge on any atom is 0.343 e. The van der Waals surface area contributed by atoms with Gasteiger partial charge in [0.2, 0.25) is 10.0 Å². The number of rotatable bonds is 5. The highest BCUT2D eigenvalue weighted by molar-refractivity contribution is 7.89. The lowest BCUT2D eigenvalue weighted by atomic mass is 10.1. The van der Waals surface area contributed by atoms with Gasteiger partial charge in [-0.25, -0.2) is 18.1 Å². The summed E-state index contributed by atoms with van der Waals surface area (Å²) in [6, 6.07) is 18.4. The Morgan fingerprint density at radius 1 is 0.771 bits per heavy atom. The van der Waals surface area contributed by atoms with Crippen LogP contribution in [0.3, 0.4) is 0 Å². The number of anilines is 1. The summed E-state index contributed by atoms with van der Waals surface area (Å²) in [5.41, 5.74) is 0.968. The van der Waals surface area contributed by atoms with Gasteiger partial charge < -0.3 is 4.74 Å². The Hall–Kier alpha value is -3.82. The van der Waals surface area contributed by atoms with Gasteiger partial charge in [0.15, 0.2) is 0 Å². The summed E-state index contributed by atoms with van der Waals surface area (Å²) in [4.78, 5) is 39.4. The summed E-state index contributed by atoms with van der Waals surface area (Å²) in [6.45, 7) is 0.920. The van der Waals surface area contributed by atoms with E-state index in [2.05, 4.69) is 0 Å². The molecule has 1 saturated heterocycles. The van der Waals surface area contributed by atoms with Gasteiger partial charge in [0, 0.05) is 19.2 Å². The zero-order valence-corrected chi connectivity index (χ0v) is 19.5. The molecule has 3 aromatic rings. The quantitative estimate of drug-likeness (QED) is 0.306. The normalized spacial score (nSPS) is 16.3. The minimum Gasteiger partial charge on any atom is -0.423 e. The number of esters is 1. The van der Waals surface area contributed by atoms with E-state index in [1.807, 2.05) is 0 Å². The van der Waals surface area contributed by atoms with Crippen molar-refractivity contribution < 1.29 is 27.5 Å². The van der Waals surface area contributed by atoms with E-state index < -0.39 is 27.8 Å². The van der Waals surface area contributed by atoms with Crippen LogP contribution < -0.4 is 9.64 Å². The van der Waals surface area contributed by atoms with Crippen molar-refractivity contribution in [2.24, 2.45) is 0 Å². The van der Waals surface area contributed by atoms with Crippen molar-refractivity contribution in [1.82, 2.24) is 4.31 Å². The van der Waals surface area contributed by atoms with E-state index in [4.69, 9.17) is 4.74 Å². The molecule has 2 amide bonds. The van der Waals surface area contributed by atoms with E-state index >= 15 is 0 Å². The maximum absolute atomic E-state index is 13.0. The van der Waals surface area contributed by atoms with E-state index in [1.165, 1.54) is 40.7 Å². The van der Waals surface area contributed by atoms with Gasteiger partial charge in [0.25, 0.3) is 11.8 Å². The van der Waals surface area contributed by atoms with Crippen LogP contribution >= 0.6 is 0 Å². The lowest BCUT2D eigenvalue weighted by Gasteiger charge is -2.25. The third kappa shape index (κ3) is 4.24. The summed E-state index contributed by atoms with van der Waals surface area (Å²) >= 11 is 0. The Bertz CT molecular complexity index is 1410. The molecule has 8 nitrogen and oxygen atoms in total. The molecule has 0 saturated carbocycles. The van der Waals surface area contributed by atoms with Crippen LogP contribution in [0.5, 0.6) is 5.75 Å². The molecule has 0 aromatic heterocycles. The molecule has 3 aromatic carbocycles. The molecule has 0 N–H and O–H groups in total. The van der Waals surface area contributed by atoms with Crippen LogP contribution in [0.15, 0.2) is 77.7 Å². The minimum absolute atomic E-state index is 0.0358. The highest BCUT2D eigenvalue weighted by Crippen LogP contribution is 2.30. The number of piperidine rings is 1. The highest BCUT2D eigenvalue weighted by Gasteiger charge is 2.36. The molecular weight excluding hydrogens is 468 g/mol. The van der Waals surface area contributed by atoms with Gasteiger partial charge in [-0.1, -0.05) is 30.7 Å². The van der Waals surface area contributed by atoms with Crippen molar-refractivity contribution in [2.45, 2.75) is 24.2 Å². The Morgan fingerprint density at radius 2 is 1.43 bits per heavy atom. The Morgan fingerprint density at radius 3 is 2.11 bits per heavy atom. The van der Waals surface area contributed by atoms with Crippen LogP contribution in [0.2, 0.25) is 0 Å². The molecule has 0 spiro atoms. The zero-order valence-electron chi connectivity index (χ0n) is 18.7. The molecule has 178 valence electrons. The maximum atomic E-state index is 13.0. The smallest absolute Gasteiger partial charge is 0.343 e. The molecule has 0 radical (unpaired) electrons. The van der Waals surface area contributed by atoms with Crippen molar-refractivity contribution >= 4 is 33.5 Å². The number of benzene rings is 3. The highest BCUT2D eigenvalue weighted by atomic mass is 32.2. The first-order valence-electron chi connectivity index (χ1n) is 11.3. The first kappa shape index (κ1) is 22.9. The average Bonchev–Trinajstić information content (AvgIpc) is 3.14. The third-order valence-electron chi connectivity index (χ3n) is 6.10. The van der Waals surface area contributed by atoms with Crippen molar-refractivity contribution in [1.29, 1.82) is 0 Å². The number of ether oxygens (including phenoxy) is 1. The van der Waals surface area contributed by atoms with Gasteiger partial charge in [-0.3, -0.25) is 9.59 Å². The molecule has 0 aliphatic carbocycles. The molecule has 1 fully saturated rings. The zero-order chi connectivity index (χ0) is 24.6. The molecule has 0 bridgehead atoms. The average molecular weight is 491 g/mol. The second kappa shape index (κ2) is 9.09.